The van der Waals surface area contributed by atoms with Gasteiger partial charge in [0.25, 0.3) is 0 Å². The normalized spacial score (nSPS) is 52.0. The summed E-state index contributed by atoms with van der Waals surface area (Å²) >= 11 is 0. The van der Waals surface area contributed by atoms with Crippen molar-refractivity contribution in [3.05, 3.63) is 16.6 Å². The first-order valence-corrected chi connectivity index (χ1v) is 12.8. The van der Waals surface area contributed by atoms with Crippen LogP contribution in [0.15, 0.2) is 16.8 Å². The number of nitrogens with zero attached hydrogens (tertiary/aromatic N) is 1. The van der Waals surface area contributed by atoms with Gasteiger partial charge in [0, 0.05) is 12.0 Å². The van der Waals surface area contributed by atoms with E-state index in [9.17, 15) is 10.0 Å². The lowest BCUT2D eigenvalue weighted by Crippen LogP contribution is -2.66. The van der Waals surface area contributed by atoms with Crippen LogP contribution >= 0.6 is 0 Å². The number of nitroso groups, excluding NO2 is 1. The van der Waals surface area contributed by atoms with E-state index in [2.05, 4.69) is 38.9 Å². The van der Waals surface area contributed by atoms with E-state index in [1.54, 1.807) is 0 Å². The van der Waals surface area contributed by atoms with E-state index in [1.807, 2.05) is 6.92 Å². The molecule has 0 aromatic carbocycles. The van der Waals surface area contributed by atoms with Crippen LogP contribution in [0.4, 0.5) is 0 Å². The molecule has 0 amide bonds. The van der Waals surface area contributed by atoms with Crippen molar-refractivity contribution in [2.24, 2.45) is 39.7 Å². The van der Waals surface area contributed by atoms with E-state index >= 15 is 0 Å². The number of ether oxygens (including phenoxy) is 3. The third kappa shape index (κ3) is 2.73. The highest BCUT2D eigenvalue weighted by molar-refractivity contribution is 5.30. The van der Waals surface area contributed by atoms with Crippen LogP contribution in [0.25, 0.3) is 0 Å². The first-order valence-electron chi connectivity index (χ1n) is 12.8. The predicted octanol–water partition coefficient (Wildman–Crippen LogP) is 4.84. The first kappa shape index (κ1) is 22.9. The lowest BCUT2D eigenvalue weighted by molar-refractivity contribution is -0.242. The molecule has 1 N–H and O–H groups in total. The maximum atomic E-state index is 12.7. The van der Waals surface area contributed by atoms with E-state index in [4.69, 9.17) is 14.2 Å². The summed E-state index contributed by atoms with van der Waals surface area (Å²) in [5, 5.41) is 15.6. The molecule has 6 nitrogen and oxygen atoms in total. The molecule has 0 bridgehead atoms. The highest BCUT2D eigenvalue weighted by Gasteiger charge is 2.76. The zero-order valence-electron chi connectivity index (χ0n) is 20.4. The van der Waals surface area contributed by atoms with Gasteiger partial charge in [0.2, 0.25) is 0 Å². The number of aliphatic hydroxyl groups excluding tert-OH is 1. The van der Waals surface area contributed by atoms with E-state index < -0.39 is 22.8 Å². The van der Waals surface area contributed by atoms with Gasteiger partial charge in [0.05, 0.1) is 25.4 Å². The van der Waals surface area contributed by atoms with Gasteiger partial charge in [0.1, 0.15) is 0 Å². The Morgan fingerprint density at radius 3 is 2.59 bits per heavy atom. The molecule has 9 atom stereocenters. The molecule has 4 aliphatic carbocycles. The van der Waals surface area contributed by atoms with Crippen molar-refractivity contribution in [3.8, 4) is 0 Å². The SMILES string of the molecule is CCOC1C=C2CCC3C(C(O)CC4(C)C3C[C@H](C)[C@]4(N=O)C3(C)OCCO3)C2(C)CC1. The second-order valence-corrected chi connectivity index (χ2v) is 11.8. The average molecular weight is 448 g/mol. The molecule has 3 saturated carbocycles. The molecule has 180 valence electrons. The topological polar surface area (TPSA) is 77.4 Å². The molecule has 0 spiro atoms. The van der Waals surface area contributed by atoms with E-state index in [0.29, 0.717) is 31.5 Å². The van der Waals surface area contributed by atoms with Gasteiger partial charge in [0.15, 0.2) is 11.3 Å². The van der Waals surface area contributed by atoms with E-state index in [-0.39, 0.29) is 23.4 Å². The zero-order chi connectivity index (χ0) is 22.9. The summed E-state index contributed by atoms with van der Waals surface area (Å²) in [6.45, 7) is 12.4. The Labute approximate surface area is 192 Å². The van der Waals surface area contributed by atoms with Crippen LogP contribution in [0.2, 0.25) is 0 Å². The minimum Gasteiger partial charge on any atom is -0.393 e. The quantitative estimate of drug-likeness (QED) is 0.493. The molecule has 4 fully saturated rings. The van der Waals surface area contributed by atoms with Crippen LogP contribution in [0, 0.1) is 39.4 Å². The number of hydrogen-bond donors (Lipinski definition) is 1. The maximum Gasteiger partial charge on any atom is 0.195 e. The van der Waals surface area contributed by atoms with Crippen molar-refractivity contribution in [2.45, 2.75) is 96.7 Å². The lowest BCUT2D eigenvalue weighted by atomic mass is 9.44. The summed E-state index contributed by atoms with van der Waals surface area (Å²) in [6.07, 6.45) is 7.81. The monoisotopic (exact) mass is 447 g/mol. The van der Waals surface area contributed by atoms with Crippen LogP contribution in [0.5, 0.6) is 0 Å². The Kier molecular flexibility index (Phi) is 5.44. The number of allylic oxidation sites excluding steroid dienone is 1. The second kappa shape index (κ2) is 7.59. The van der Waals surface area contributed by atoms with Crippen molar-refractivity contribution in [2.75, 3.05) is 19.8 Å². The van der Waals surface area contributed by atoms with Crippen molar-refractivity contribution in [1.82, 2.24) is 0 Å². The summed E-state index contributed by atoms with van der Waals surface area (Å²) < 4.78 is 18.1. The van der Waals surface area contributed by atoms with Gasteiger partial charge >= 0.3 is 0 Å². The third-order valence-electron chi connectivity index (χ3n) is 10.6. The largest absolute Gasteiger partial charge is 0.393 e. The van der Waals surface area contributed by atoms with Crippen molar-refractivity contribution < 1.29 is 19.3 Å². The Morgan fingerprint density at radius 2 is 1.94 bits per heavy atom. The van der Waals surface area contributed by atoms with Gasteiger partial charge in [-0.3, -0.25) is 0 Å². The van der Waals surface area contributed by atoms with E-state index in [1.165, 1.54) is 5.57 Å². The van der Waals surface area contributed by atoms with Crippen LogP contribution in [0.1, 0.15) is 73.1 Å². The Hall–Kier alpha value is -0.820. The minimum atomic E-state index is -1.02. The average Bonchev–Trinajstić information content (AvgIpc) is 3.27. The summed E-state index contributed by atoms with van der Waals surface area (Å²) in [7, 11) is 0. The minimum absolute atomic E-state index is 0.00458. The van der Waals surface area contributed by atoms with Gasteiger partial charge in [-0.25, -0.2) is 0 Å². The van der Waals surface area contributed by atoms with Crippen LogP contribution in [0.3, 0.4) is 0 Å². The standard InChI is InChI=1S/C26H41NO5/c1-6-30-18-9-10-23(3)17(14-18)7-8-19-20-13-16(2)26(27-29,25(5)31-11-12-32-25)24(20,4)15-21(28)22(19)23/h14,16,18-22,28H,6-13,15H2,1-5H3/t16-,18?,19?,20?,21?,22?,23?,24?,26+/m0/s1. The Bertz CT molecular complexity index is 793. The van der Waals surface area contributed by atoms with Gasteiger partial charge in [-0.05, 0) is 81.5 Å². The summed E-state index contributed by atoms with van der Waals surface area (Å²) in [6, 6.07) is 0. The number of rotatable bonds is 4. The van der Waals surface area contributed by atoms with Crippen molar-refractivity contribution >= 4 is 0 Å². The molecule has 0 aromatic rings. The van der Waals surface area contributed by atoms with Gasteiger partial charge < -0.3 is 19.3 Å². The molecule has 1 aliphatic heterocycles. The highest BCUT2D eigenvalue weighted by atomic mass is 16.7. The molecule has 6 heteroatoms. The molecule has 0 aromatic heterocycles. The molecular formula is C26H41NO5. The molecular weight excluding hydrogens is 406 g/mol. The van der Waals surface area contributed by atoms with Gasteiger partial charge in [-0.15, -0.1) is 4.91 Å². The number of fused-ring (bicyclic) bond motifs is 5. The summed E-state index contributed by atoms with van der Waals surface area (Å²) in [5.74, 6) is -0.0519. The van der Waals surface area contributed by atoms with Crippen molar-refractivity contribution in [1.29, 1.82) is 0 Å². The predicted molar refractivity (Wildman–Crippen MR) is 122 cm³/mol. The fraction of sp³-hybridized carbons (Fsp3) is 0.923. The molecule has 0 radical (unpaired) electrons. The Morgan fingerprint density at radius 1 is 1.22 bits per heavy atom. The van der Waals surface area contributed by atoms with Gasteiger partial charge in [-0.2, -0.15) is 0 Å². The third-order valence-corrected chi connectivity index (χ3v) is 10.6. The first-order chi connectivity index (χ1) is 15.2. The molecule has 5 rings (SSSR count). The van der Waals surface area contributed by atoms with Crippen molar-refractivity contribution in [3.63, 3.8) is 0 Å². The van der Waals surface area contributed by atoms with Crippen LogP contribution < -0.4 is 0 Å². The summed E-state index contributed by atoms with van der Waals surface area (Å²) in [4.78, 5) is 12.7. The summed E-state index contributed by atoms with van der Waals surface area (Å²) in [5.41, 5.74) is 0.0429. The fourth-order valence-electron chi connectivity index (χ4n) is 9.48. The van der Waals surface area contributed by atoms with Crippen LogP contribution in [-0.4, -0.2) is 48.5 Å². The fourth-order valence-corrected chi connectivity index (χ4v) is 9.48. The number of hydrogen-bond acceptors (Lipinski definition) is 6. The molecule has 1 saturated heterocycles. The molecule has 7 unspecified atom stereocenters. The number of aliphatic hydroxyl groups is 1. The molecule has 32 heavy (non-hydrogen) atoms. The molecule has 5 aliphatic rings. The van der Waals surface area contributed by atoms with Crippen LogP contribution in [-0.2, 0) is 14.2 Å². The van der Waals surface area contributed by atoms with E-state index in [0.717, 1.165) is 38.7 Å². The maximum absolute atomic E-state index is 12.7. The second-order valence-electron chi connectivity index (χ2n) is 11.8. The zero-order valence-corrected chi connectivity index (χ0v) is 20.4. The van der Waals surface area contributed by atoms with Gasteiger partial charge in [-0.1, -0.05) is 37.6 Å². The Balaban J connectivity index is 1.53. The molecule has 1 heterocycles. The highest BCUT2D eigenvalue weighted by Crippen LogP contribution is 2.72. The smallest absolute Gasteiger partial charge is 0.195 e. The lowest BCUT2D eigenvalue weighted by Gasteiger charge is -2.62.